The molecule has 0 amide bonds. The maximum absolute atomic E-state index is 2.40. The van der Waals surface area contributed by atoms with Crippen LogP contribution in [-0.4, -0.2) is 0 Å². The standard InChI is InChI=1S/C13H13.C5H5.7CH3.Zr/c1-9-5-6-12-7-10-3-2-4-11(10)8-13(9)12;1-2-4-5-3-1;;;;;;;;/h5-8H,2-4H2,1H3;1-5H;7*1H3;/q9*-1;. The van der Waals surface area contributed by atoms with E-state index in [1.807, 2.05) is 30.3 Å². The smallest absolute Gasteiger partial charge is 0 e. The Hall–Kier alpha value is -0.937. The first-order valence-electron chi connectivity index (χ1n) is 6.69. The van der Waals surface area contributed by atoms with Gasteiger partial charge in [0.1, 0.15) is 0 Å². The van der Waals surface area contributed by atoms with Gasteiger partial charge in [-0.25, -0.2) is 12.1 Å². The molecule has 0 bridgehead atoms. The van der Waals surface area contributed by atoms with Crippen LogP contribution >= 0.6 is 0 Å². The van der Waals surface area contributed by atoms with Gasteiger partial charge in [-0.3, -0.25) is 0 Å². The molecule has 0 nitrogen and oxygen atoms in total. The molecule has 0 spiro atoms. The fourth-order valence-corrected chi connectivity index (χ4v) is 2.75. The van der Waals surface area contributed by atoms with Crippen molar-refractivity contribution in [3.8, 4) is 0 Å². The van der Waals surface area contributed by atoms with Crippen LogP contribution in [0.15, 0.2) is 54.6 Å². The van der Waals surface area contributed by atoms with E-state index in [-0.39, 0.29) is 78.2 Å². The van der Waals surface area contributed by atoms with Crippen molar-refractivity contribution < 1.29 is 26.2 Å². The molecule has 0 unspecified atom stereocenters. The average Bonchev–Trinajstić information content (AvgIpc) is 3.09. The van der Waals surface area contributed by atoms with Crippen molar-refractivity contribution in [3.63, 3.8) is 0 Å². The molecule has 0 saturated heterocycles. The molecule has 0 radical (unpaired) electrons. The van der Waals surface area contributed by atoms with E-state index in [1.165, 1.54) is 35.6 Å². The van der Waals surface area contributed by atoms with Gasteiger partial charge in [0.25, 0.3) is 0 Å². The summed E-state index contributed by atoms with van der Waals surface area (Å²) in [5.74, 6) is 0. The maximum Gasteiger partial charge on any atom is 0 e. The van der Waals surface area contributed by atoms with Gasteiger partial charge >= 0.3 is 0 Å². The Labute approximate surface area is 185 Å². The molecule has 3 aromatic carbocycles. The van der Waals surface area contributed by atoms with Crippen molar-refractivity contribution in [1.82, 2.24) is 0 Å². The molecule has 1 aliphatic carbocycles. The van der Waals surface area contributed by atoms with E-state index in [1.54, 1.807) is 11.1 Å². The summed E-state index contributed by atoms with van der Waals surface area (Å²) in [5, 5.41) is 2.89. The zero-order valence-electron chi connectivity index (χ0n) is 18.3. The Morgan fingerprint density at radius 2 is 1.31 bits per heavy atom. The van der Waals surface area contributed by atoms with Crippen molar-refractivity contribution >= 4 is 10.8 Å². The molecular formula is C25H39Zr-9. The minimum atomic E-state index is 0. The van der Waals surface area contributed by atoms with Gasteiger partial charge in [-0.15, -0.1) is 28.5 Å². The Morgan fingerprint density at radius 3 is 1.77 bits per heavy atom. The van der Waals surface area contributed by atoms with E-state index < -0.39 is 0 Å². The minimum absolute atomic E-state index is 0. The Balaban J connectivity index is -0.0000000696. The van der Waals surface area contributed by atoms with Crippen molar-refractivity contribution in [2.45, 2.75) is 26.2 Å². The largest absolute Gasteiger partial charge is 0.358 e. The second-order valence-corrected chi connectivity index (χ2v) is 5.04. The first-order valence-corrected chi connectivity index (χ1v) is 6.69. The predicted octanol–water partition coefficient (Wildman–Crippen LogP) is 7.91. The molecule has 0 saturated carbocycles. The molecule has 0 atom stereocenters. The van der Waals surface area contributed by atoms with Gasteiger partial charge in [0.2, 0.25) is 0 Å². The zero-order valence-corrected chi connectivity index (χ0v) is 20.8. The summed E-state index contributed by atoms with van der Waals surface area (Å²) in [6.07, 6.45) is 3.92. The predicted molar refractivity (Wildman–Crippen MR) is 123 cm³/mol. The zero-order chi connectivity index (χ0) is 12.4. The van der Waals surface area contributed by atoms with Crippen LogP contribution < -0.4 is 0 Å². The van der Waals surface area contributed by atoms with Crippen molar-refractivity contribution in [3.05, 3.63) is 123 Å². The number of aryl methyl sites for hydroxylation is 3. The Kier molecular flexibility index (Phi) is 28.9. The van der Waals surface area contributed by atoms with Crippen LogP contribution in [0.25, 0.3) is 10.8 Å². The fourth-order valence-electron chi connectivity index (χ4n) is 2.75. The van der Waals surface area contributed by atoms with Crippen LogP contribution in [0.3, 0.4) is 0 Å². The quantitative estimate of drug-likeness (QED) is 0.318. The van der Waals surface area contributed by atoms with Gasteiger partial charge < -0.3 is 52.0 Å². The average molecular weight is 431 g/mol. The molecule has 0 heterocycles. The van der Waals surface area contributed by atoms with E-state index >= 15 is 0 Å². The monoisotopic (exact) mass is 429 g/mol. The number of rotatable bonds is 0. The summed E-state index contributed by atoms with van der Waals surface area (Å²) in [6.45, 7) is 2.20. The number of benzene rings is 1. The van der Waals surface area contributed by atoms with E-state index in [9.17, 15) is 0 Å². The van der Waals surface area contributed by atoms with Gasteiger partial charge in [0, 0.05) is 26.2 Å². The summed E-state index contributed by atoms with van der Waals surface area (Å²) in [7, 11) is 0. The van der Waals surface area contributed by atoms with Gasteiger partial charge in [0.15, 0.2) is 0 Å². The Morgan fingerprint density at radius 1 is 0.808 bits per heavy atom. The molecule has 0 N–H and O–H groups in total. The van der Waals surface area contributed by atoms with E-state index in [2.05, 4.69) is 31.2 Å². The molecule has 1 aliphatic rings. The number of hydrogen-bond donors (Lipinski definition) is 0. The molecule has 4 rings (SSSR count). The molecule has 152 valence electrons. The third kappa shape index (κ3) is 9.13. The van der Waals surface area contributed by atoms with Crippen molar-refractivity contribution in [2.24, 2.45) is 0 Å². The number of fused-ring (bicyclic) bond motifs is 2. The molecule has 0 aliphatic heterocycles. The minimum Gasteiger partial charge on any atom is -0.358 e. The first-order chi connectivity index (χ1) is 8.84. The summed E-state index contributed by atoms with van der Waals surface area (Å²) in [6, 6.07) is 19.2. The van der Waals surface area contributed by atoms with Gasteiger partial charge in [-0.05, 0) is 19.3 Å². The summed E-state index contributed by atoms with van der Waals surface area (Å²) < 4.78 is 0. The molecule has 26 heavy (non-hydrogen) atoms. The van der Waals surface area contributed by atoms with Gasteiger partial charge in [0.05, 0.1) is 0 Å². The second-order valence-electron chi connectivity index (χ2n) is 5.04. The fraction of sp³-hybridized carbons (Fsp3) is 0.160. The van der Waals surface area contributed by atoms with E-state index in [0.717, 1.165) is 0 Å². The van der Waals surface area contributed by atoms with Crippen molar-refractivity contribution in [1.29, 1.82) is 0 Å². The second kappa shape index (κ2) is 18.8. The molecular weight excluding hydrogens is 391 g/mol. The SMILES string of the molecule is C[c-]1ccc2cc3c(cc21)CCC3.[CH3-].[CH3-].[CH3-].[CH3-].[CH3-].[CH3-].[CH3-].[Zr].c1cc[cH-]c1. The molecule has 3 aromatic rings. The summed E-state index contributed by atoms with van der Waals surface area (Å²) in [5.41, 5.74) is 4.59. The van der Waals surface area contributed by atoms with Crippen molar-refractivity contribution in [2.75, 3.05) is 0 Å². The summed E-state index contributed by atoms with van der Waals surface area (Å²) in [4.78, 5) is 0. The number of hydrogen-bond acceptors (Lipinski definition) is 0. The molecule has 1 heteroatoms. The third-order valence-corrected chi connectivity index (χ3v) is 3.76. The van der Waals surface area contributed by atoms with Crippen LogP contribution in [0.1, 0.15) is 23.1 Å². The Bertz CT molecular complexity index is 612. The van der Waals surface area contributed by atoms with Gasteiger partial charge in [-0.2, -0.15) is 30.3 Å². The van der Waals surface area contributed by atoms with E-state index in [4.69, 9.17) is 0 Å². The first kappa shape index (κ1) is 39.9. The van der Waals surface area contributed by atoms with Gasteiger partial charge in [-0.1, -0.05) is 18.1 Å². The van der Waals surface area contributed by atoms with Crippen LogP contribution in [-0.2, 0) is 39.0 Å². The molecule has 0 fully saturated rings. The van der Waals surface area contributed by atoms with Crippen LogP contribution in [0.2, 0.25) is 0 Å². The van der Waals surface area contributed by atoms with Crippen LogP contribution in [0.5, 0.6) is 0 Å². The summed E-state index contributed by atoms with van der Waals surface area (Å²) >= 11 is 0. The van der Waals surface area contributed by atoms with E-state index in [0.29, 0.717) is 0 Å². The topological polar surface area (TPSA) is 0 Å². The third-order valence-electron chi connectivity index (χ3n) is 3.76. The van der Waals surface area contributed by atoms with Crippen LogP contribution in [0.4, 0.5) is 0 Å². The van der Waals surface area contributed by atoms with Crippen LogP contribution in [0, 0.1) is 58.9 Å². The maximum atomic E-state index is 2.40. The molecule has 0 aromatic heterocycles. The normalized spacial score (nSPS) is 9.12.